The standard InChI is InChI=1S/C13H13BrN2O3/c14-12-10-6-16(7-11(10)19-15-12)13(17)18-8-9-4-2-1-3-5-9/h1-5,11,15H,6-8H2/t11-/m0/s1. The van der Waals surface area contributed by atoms with Gasteiger partial charge in [-0.1, -0.05) is 30.3 Å². The van der Waals surface area contributed by atoms with E-state index in [4.69, 9.17) is 9.57 Å². The Hall–Kier alpha value is -1.53. The van der Waals surface area contributed by atoms with Crippen LogP contribution < -0.4 is 5.48 Å². The third kappa shape index (κ3) is 2.59. The molecule has 1 N–H and O–H groups in total. The van der Waals surface area contributed by atoms with Crippen molar-refractivity contribution in [2.45, 2.75) is 12.7 Å². The topological polar surface area (TPSA) is 50.8 Å². The molecule has 100 valence electrons. The normalized spacial score (nSPS) is 21.3. The van der Waals surface area contributed by atoms with Crippen LogP contribution in [0.2, 0.25) is 0 Å². The molecule has 3 rings (SSSR count). The van der Waals surface area contributed by atoms with E-state index in [-0.39, 0.29) is 12.2 Å². The zero-order chi connectivity index (χ0) is 13.2. The van der Waals surface area contributed by atoms with Crippen molar-refractivity contribution < 1.29 is 14.4 Å². The van der Waals surface area contributed by atoms with Crippen LogP contribution in [0, 0.1) is 0 Å². The lowest BCUT2D eigenvalue weighted by Crippen LogP contribution is -2.31. The molecule has 1 fully saturated rings. The lowest BCUT2D eigenvalue weighted by atomic mass is 10.2. The average molecular weight is 325 g/mol. The van der Waals surface area contributed by atoms with Gasteiger partial charge in [-0.15, -0.1) is 0 Å². The second-order valence-corrected chi connectivity index (χ2v) is 5.26. The zero-order valence-electron chi connectivity index (χ0n) is 10.1. The maximum Gasteiger partial charge on any atom is 0.410 e. The highest BCUT2D eigenvalue weighted by atomic mass is 79.9. The first-order valence-electron chi connectivity index (χ1n) is 6.00. The summed E-state index contributed by atoms with van der Waals surface area (Å²) in [5.41, 5.74) is 4.79. The Morgan fingerprint density at radius 3 is 3.00 bits per heavy atom. The van der Waals surface area contributed by atoms with E-state index in [1.54, 1.807) is 4.90 Å². The second kappa shape index (κ2) is 5.22. The van der Waals surface area contributed by atoms with Crippen molar-refractivity contribution >= 4 is 22.0 Å². The molecule has 0 saturated carbocycles. The van der Waals surface area contributed by atoms with Gasteiger partial charge in [-0.05, 0) is 21.5 Å². The molecular formula is C13H13BrN2O3. The van der Waals surface area contributed by atoms with Gasteiger partial charge in [0.15, 0.2) is 0 Å². The molecule has 2 heterocycles. The van der Waals surface area contributed by atoms with Gasteiger partial charge in [-0.3, -0.25) is 10.3 Å². The minimum atomic E-state index is -0.311. The quantitative estimate of drug-likeness (QED) is 0.847. The molecule has 2 aliphatic rings. The molecule has 0 radical (unpaired) electrons. The zero-order valence-corrected chi connectivity index (χ0v) is 11.7. The van der Waals surface area contributed by atoms with E-state index in [0.717, 1.165) is 15.7 Å². The SMILES string of the molecule is O=C(OCc1ccccc1)N1CC2=C(Br)NO[C@H]2C1. The van der Waals surface area contributed by atoms with Crippen molar-refractivity contribution in [3.8, 4) is 0 Å². The van der Waals surface area contributed by atoms with Crippen LogP contribution in [0.1, 0.15) is 5.56 Å². The summed E-state index contributed by atoms with van der Waals surface area (Å²) in [4.78, 5) is 18.9. The van der Waals surface area contributed by atoms with Gasteiger partial charge in [0.2, 0.25) is 0 Å². The fourth-order valence-corrected chi connectivity index (χ4v) is 2.61. The smallest absolute Gasteiger partial charge is 0.410 e. The van der Waals surface area contributed by atoms with Gasteiger partial charge in [0.05, 0.1) is 13.1 Å². The van der Waals surface area contributed by atoms with Gasteiger partial charge >= 0.3 is 6.09 Å². The fraction of sp³-hybridized carbons (Fsp3) is 0.308. The van der Waals surface area contributed by atoms with Gasteiger partial charge in [0.1, 0.15) is 17.3 Å². The van der Waals surface area contributed by atoms with E-state index in [2.05, 4.69) is 21.4 Å². The molecule has 1 aromatic carbocycles. The third-order valence-corrected chi connectivity index (χ3v) is 3.84. The predicted molar refractivity (Wildman–Crippen MR) is 72.2 cm³/mol. The first-order chi connectivity index (χ1) is 9.24. The van der Waals surface area contributed by atoms with E-state index in [1.807, 2.05) is 30.3 Å². The number of ether oxygens (including phenoxy) is 1. The molecule has 1 amide bonds. The Morgan fingerprint density at radius 1 is 1.47 bits per heavy atom. The number of nitrogens with one attached hydrogen (secondary N) is 1. The molecule has 5 nitrogen and oxygen atoms in total. The lowest BCUT2D eigenvalue weighted by molar-refractivity contribution is 0.0350. The second-order valence-electron chi connectivity index (χ2n) is 4.47. The van der Waals surface area contributed by atoms with E-state index in [9.17, 15) is 4.79 Å². The van der Waals surface area contributed by atoms with Gasteiger partial charge in [-0.2, -0.15) is 0 Å². The molecule has 1 saturated heterocycles. The van der Waals surface area contributed by atoms with Crippen molar-refractivity contribution in [1.82, 2.24) is 10.4 Å². The molecule has 0 aliphatic carbocycles. The molecule has 1 atom stereocenters. The molecule has 2 aliphatic heterocycles. The molecule has 0 bridgehead atoms. The van der Waals surface area contributed by atoms with Crippen molar-refractivity contribution in [2.24, 2.45) is 0 Å². The summed E-state index contributed by atoms with van der Waals surface area (Å²) in [6.45, 7) is 1.34. The largest absolute Gasteiger partial charge is 0.445 e. The number of likely N-dealkylation sites (tertiary alicyclic amines) is 1. The number of nitrogens with zero attached hydrogens (tertiary/aromatic N) is 1. The minimum Gasteiger partial charge on any atom is -0.445 e. The van der Waals surface area contributed by atoms with Crippen molar-refractivity contribution in [1.29, 1.82) is 0 Å². The number of amides is 1. The van der Waals surface area contributed by atoms with Gasteiger partial charge < -0.3 is 9.64 Å². The van der Waals surface area contributed by atoms with Crippen LogP contribution in [-0.2, 0) is 16.2 Å². The number of carbonyl (C=O) groups excluding carboxylic acids is 1. The number of hydroxylamine groups is 1. The summed E-state index contributed by atoms with van der Waals surface area (Å²) < 4.78 is 6.10. The van der Waals surface area contributed by atoms with Gasteiger partial charge in [0.25, 0.3) is 0 Å². The number of rotatable bonds is 2. The van der Waals surface area contributed by atoms with Crippen LogP contribution in [-0.4, -0.2) is 30.2 Å². The highest BCUT2D eigenvalue weighted by molar-refractivity contribution is 9.11. The molecule has 1 aromatic rings. The summed E-state index contributed by atoms with van der Waals surface area (Å²) in [5.74, 6) is 0. The Morgan fingerprint density at radius 2 is 2.26 bits per heavy atom. The molecule has 19 heavy (non-hydrogen) atoms. The molecule has 0 unspecified atom stereocenters. The Kier molecular flexibility index (Phi) is 3.44. The predicted octanol–water partition coefficient (Wildman–Crippen LogP) is 2.15. The van der Waals surface area contributed by atoms with Gasteiger partial charge in [0, 0.05) is 5.57 Å². The lowest BCUT2D eigenvalue weighted by Gasteiger charge is -2.16. The van der Waals surface area contributed by atoms with Crippen LogP contribution in [0.5, 0.6) is 0 Å². The van der Waals surface area contributed by atoms with Crippen molar-refractivity contribution in [3.63, 3.8) is 0 Å². The van der Waals surface area contributed by atoms with E-state index in [1.165, 1.54) is 0 Å². The highest BCUT2D eigenvalue weighted by Gasteiger charge is 2.37. The van der Waals surface area contributed by atoms with Crippen LogP contribution in [0.15, 0.2) is 40.5 Å². The first-order valence-corrected chi connectivity index (χ1v) is 6.79. The molecule has 6 heteroatoms. The third-order valence-electron chi connectivity index (χ3n) is 3.17. The number of halogens is 1. The summed E-state index contributed by atoms with van der Waals surface area (Å²) in [6, 6.07) is 9.63. The van der Waals surface area contributed by atoms with Crippen LogP contribution in [0.4, 0.5) is 4.79 Å². The number of fused-ring (bicyclic) bond motifs is 1. The van der Waals surface area contributed by atoms with E-state index >= 15 is 0 Å². The molecule has 0 spiro atoms. The number of carbonyl (C=O) groups is 1. The summed E-state index contributed by atoms with van der Waals surface area (Å²) in [5, 5.41) is 0. The summed E-state index contributed by atoms with van der Waals surface area (Å²) in [7, 11) is 0. The maximum absolute atomic E-state index is 11.9. The van der Waals surface area contributed by atoms with E-state index < -0.39 is 0 Å². The van der Waals surface area contributed by atoms with Crippen LogP contribution in [0.3, 0.4) is 0 Å². The Bertz CT molecular complexity index is 518. The maximum atomic E-state index is 11.9. The first kappa shape index (κ1) is 12.5. The monoisotopic (exact) mass is 324 g/mol. The fourth-order valence-electron chi connectivity index (χ4n) is 2.14. The minimum absolute atomic E-state index is 0.0707. The summed E-state index contributed by atoms with van der Waals surface area (Å²) >= 11 is 3.36. The van der Waals surface area contributed by atoms with Crippen LogP contribution >= 0.6 is 15.9 Å². The number of benzene rings is 1. The molecule has 0 aromatic heterocycles. The highest BCUT2D eigenvalue weighted by Crippen LogP contribution is 2.29. The Balaban J connectivity index is 1.56. The summed E-state index contributed by atoms with van der Waals surface area (Å²) in [6.07, 6.45) is -0.381. The molecular weight excluding hydrogens is 312 g/mol. The van der Waals surface area contributed by atoms with Gasteiger partial charge in [-0.25, -0.2) is 4.79 Å². The van der Waals surface area contributed by atoms with Crippen molar-refractivity contribution in [2.75, 3.05) is 13.1 Å². The van der Waals surface area contributed by atoms with E-state index in [0.29, 0.717) is 19.7 Å². The van der Waals surface area contributed by atoms with Crippen LogP contribution in [0.25, 0.3) is 0 Å². The van der Waals surface area contributed by atoms with Crippen molar-refractivity contribution in [3.05, 3.63) is 46.1 Å². The number of hydrogen-bond acceptors (Lipinski definition) is 4. The average Bonchev–Trinajstić information content (AvgIpc) is 3.00. The Labute approximate surface area is 119 Å². The number of hydrogen-bond donors (Lipinski definition) is 1.